The van der Waals surface area contributed by atoms with Gasteiger partial charge in [-0.3, -0.25) is 9.59 Å². The van der Waals surface area contributed by atoms with Gasteiger partial charge in [-0.2, -0.15) is 5.10 Å². The minimum absolute atomic E-state index is 0.0545. The molecule has 0 fully saturated rings. The number of benzene rings is 1. The van der Waals surface area contributed by atoms with E-state index in [4.69, 9.17) is 14.2 Å². The first-order valence-electron chi connectivity index (χ1n) is 10.4. The molecule has 0 unspecified atom stereocenters. The van der Waals surface area contributed by atoms with Crippen LogP contribution < -0.4 is 9.47 Å². The van der Waals surface area contributed by atoms with Crippen LogP contribution in [0.4, 0.5) is 0 Å². The first-order valence-corrected chi connectivity index (χ1v) is 11.3. The van der Waals surface area contributed by atoms with Crippen LogP contribution in [0.1, 0.15) is 36.2 Å². The number of rotatable bonds is 10. The van der Waals surface area contributed by atoms with Crippen molar-refractivity contribution < 1.29 is 23.8 Å². The van der Waals surface area contributed by atoms with E-state index in [0.717, 1.165) is 16.2 Å². The van der Waals surface area contributed by atoms with E-state index in [0.29, 0.717) is 37.5 Å². The predicted octanol–water partition coefficient (Wildman–Crippen LogP) is 3.33. The molecule has 0 aliphatic carbocycles. The molecule has 32 heavy (non-hydrogen) atoms. The van der Waals surface area contributed by atoms with Gasteiger partial charge in [0.05, 0.1) is 37.5 Å². The molecule has 0 N–H and O–H groups in total. The summed E-state index contributed by atoms with van der Waals surface area (Å²) in [6.07, 6.45) is 0.890. The number of carbonyl (C=O) groups excluding carboxylic acids is 2. The van der Waals surface area contributed by atoms with Gasteiger partial charge in [-0.15, -0.1) is 11.3 Å². The van der Waals surface area contributed by atoms with Crippen molar-refractivity contribution in [3.8, 4) is 11.5 Å². The van der Waals surface area contributed by atoms with Gasteiger partial charge in [0, 0.05) is 26.5 Å². The number of carbonyl (C=O) groups is 2. The van der Waals surface area contributed by atoms with E-state index in [1.807, 2.05) is 35.7 Å². The Labute approximate surface area is 192 Å². The highest BCUT2D eigenvalue weighted by Gasteiger charge is 2.35. The van der Waals surface area contributed by atoms with Gasteiger partial charge in [-0.05, 0) is 29.1 Å². The zero-order valence-electron chi connectivity index (χ0n) is 18.9. The standard InChI is InChI=1S/C23H29N3O5S/c1-5-22(27)25(10-11-29-2)15-23(28)26-18(14-17(24-26)21-7-6-12-32-21)16-8-9-19(30-3)20(13-16)31-4/h6-9,12-13,18H,5,10-11,14-15H2,1-4H3/t18-/m1/s1. The van der Waals surface area contributed by atoms with Crippen molar-refractivity contribution in [1.82, 2.24) is 9.91 Å². The maximum absolute atomic E-state index is 13.3. The van der Waals surface area contributed by atoms with Crippen LogP contribution in [-0.4, -0.2) is 68.5 Å². The molecule has 0 radical (unpaired) electrons. The Morgan fingerprint density at radius 3 is 2.59 bits per heavy atom. The van der Waals surface area contributed by atoms with Crippen molar-refractivity contribution in [3.63, 3.8) is 0 Å². The Hall–Kier alpha value is -2.91. The van der Waals surface area contributed by atoms with Crippen molar-refractivity contribution in [2.24, 2.45) is 5.10 Å². The van der Waals surface area contributed by atoms with Gasteiger partial charge < -0.3 is 19.1 Å². The molecule has 0 saturated carbocycles. The summed E-state index contributed by atoms with van der Waals surface area (Å²) in [4.78, 5) is 28.3. The van der Waals surface area contributed by atoms with Crippen LogP contribution in [0.3, 0.4) is 0 Å². The molecule has 0 bridgehead atoms. The summed E-state index contributed by atoms with van der Waals surface area (Å²) in [6, 6.07) is 9.26. The Morgan fingerprint density at radius 1 is 1.19 bits per heavy atom. The molecule has 2 aromatic rings. The van der Waals surface area contributed by atoms with Crippen LogP contribution in [-0.2, 0) is 14.3 Å². The van der Waals surface area contributed by atoms with Gasteiger partial charge in [0.15, 0.2) is 11.5 Å². The van der Waals surface area contributed by atoms with Crippen LogP contribution in [0.15, 0.2) is 40.8 Å². The topological polar surface area (TPSA) is 80.7 Å². The molecule has 1 aliphatic rings. The number of nitrogens with zero attached hydrogens (tertiary/aromatic N) is 3. The highest BCUT2D eigenvalue weighted by atomic mass is 32.1. The number of hydrogen-bond acceptors (Lipinski definition) is 7. The van der Waals surface area contributed by atoms with Crippen LogP contribution in [0.2, 0.25) is 0 Å². The Balaban J connectivity index is 1.91. The molecule has 0 saturated heterocycles. The van der Waals surface area contributed by atoms with E-state index in [-0.39, 0.29) is 24.4 Å². The predicted molar refractivity (Wildman–Crippen MR) is 123 cm³/mol. The van der Waals surface area contributed by atoms with Gasteiger partial charge in [-0.1, -0.05) is 19.1 Å². The zero-order valence-corrected chi connectivity index (χ0v) is 19.7. The van der Waals surface area contributed by atoms with Gasteiger partial charge in [0.2, 0.25) is 5.91 Å². The van der Waals surface area contributed by atoms with E-state index in [1.165, 1.54) is 9.91 Å². The molecule has 1 aromatic heterocycles. The van der Waals surface area contributed by atoms with Crippen molar-refractivity contribution >= 4 is 28.9 Å². The molecule has 172 valence electrons. The largest absolute Gasteiger partial charge is 0.493 e. The molecule has 2 amide bonds. The second-order valence-electron chi connectivity index (χ2n) is 7.26. The maximum Gasteiger partial charge on any atom is 0.262 e. The highest BCUT2D eigenvalue weighted by Crippen LogP contribution is 2.37. The molecule has 1 atom stereocenters. The minimum atomic E-state index is -0.305. The lowest BCUT2D eigenvalue weighted by Gasteiger charge is -2.27. The quantitative estimate of drug-likeness (QED) is 0.544. The van der Waals surface area contributed by atoms with E-state index in [9.17, 15) is 9.59 Å². The smallest absolute Gasteiger partial charge is 0.262 e. The first kappa shape index (κ1) is 23.7. The lowest BCUT2D eigenvalue weighted by Crippen LogP contribution is -2.42. The van der Waals surface area contributed by atoms with Crippen molar-refractivity contribution in [1.29, 1.82) is 0 Å². The van der Waals surface area contributed by atoms with Crippen LogP contribution in [0.5, 0.6) is 11.5 Å². The fourth-order valence-corrected chi connectivity index (χ4v) is 4.33. The zero-order chi connectivity index (χ0) is 23.1. The van der Waals surface area contributed by atoms with Gasteiger partial charge in [0.1, 0.15) is 6.54 Å². The third-order valence-electron chi connectivity index (χ3n) is 5.31. The van der Waals surface area contributed by atoms with Gasteiger partial charge in [-0.25, -0.2) is 5.01 Å². The number of hydrazone groups is 1. The molecule has 3 rings (SSSR count). The Bertz CT molecular complexity index is 961. The summed E-state index contributed by atoms with van der Waals surface area (Å²) < 4.78 is 15.9. The molecule has 1 aromatic carbocycles. The lowest BCUT2D eigenvalue weighted by molar-refractivity contribution is -0.141. The highest BCUT2D eigenvalue weighted by molar-refractivity contribution is 7.12. The Morgan fingerprint density at radius 2 is 1.97 bits per heavy atom. The Kier molecular flexibility index (Phi) is 8.24. The number of thiophene rings is 1. The second kappa shape index (κ2) is 11.1. The number of amides is 2. The SMILES string of the molecule is CCC(=O)N(CCOC)CC(=O)N1N=C(c2cccs2)C[C@@H]1c1ccc(OC)c(OC)c1. The number of methoxy groups -OCH3 is 3. The van der Waals surface area contributed by atoms with Crippen LogP contribution in [0, 0.1) is 0 Å². The maximum atomic E-state index is 13.3. The lowest BCUT2D eigenvalue weighted by atomic mass is 10.0. The first-order chi connectivity index (χ1) is 15.5. The molecule has 1 aliphatic heterocycles. The van der Waals surface area contributed by atoms with Gasteiger partial charge >= 0.3 is 0 Å². The van der Waals surface area contributed by atoms with Crippen molar-refractivity contribution in [2.75, 3.05) is 41.0 Å². The van der Waals surface area contributed by atoms with E-state index in [2.05, 4.69) is 5.10 Å². The van der Waals surface area contributed by atoms with Crippen molar-refractivity contribution in [3.05, 3.63) is 46.2 Å². The van der Waals surface area contributed by atoms with E-state index in [1.54, 1.807) is 39.6 Å². The summed E-state index contributed by atoms with van der Waals surface area (Å²) in [7, 11) is 4.73. The summed E-state index contributed by atoms with van der Waals surface area (Å²) in [5.74, 6) is 0.865. The summed E-state index contributed by atoms with van der Waals surface area (Å²) in [6.45, 7) is 2.44. The third kappa shape index (κ3) is 5.28. The molecule has 9 heteroatoms. The molecular formula is C23H29N3O5S. The van der Waals surface area contributed by atoms with Gasteiger partial charge in [0.25, 0.3) is 5.91 Å². The minimum Gasteiger partial charge on any atom is -0.493 e. The number of hydrogen-bond donors (Lipinski definition) is 0. The van der Waals surface area contributed by atoms with Crippen LogP contribution in [0.25, 0.3) is 0 Å². The van der Waals surface area contributed by atoms with E-state index >= 15 is 0 Å². The van der Waals surface area contributed by atoms with Crippen molar-refractivity contribution in [2.45, 2.75) is 25.8 Å². The average molecular weight is 460 g/mol. The summed E-state index contributed by atoms with van der Waals surface area (Å²) in [5.41, 5.74) is 1.73. The third-order valence-corrected chi connectivity index (χ3v) is 6.23. The molecule has 0 spiro atoms. The fraction of sp³-hybridized carbons (Fsp3) is 0.435. The summed E-state index contributed by atoms with van der Waals surface area (Å²) >= 11 is 1.58. The van der Waals surface area contributed by atoms with E-state index < -0.39 is 0 Å². The van der Waals surface area contributed by atoms with Crippen LogP contribution >= 0.6 is 11.3 Å². The average Bonchev–Trinajstić information content (AvgIpc) is 3.50. The normalized spacial score (nSPS) is 15.4. The molecule has 8 nitrogen and oxygen atoms in total. The number of ether oxygens (including phenoxy) is 3. The fourth-order valence-electron chi connectivity index (χ4n) is 3.60. The second-order valence-corrected chi connectivity index (χ2v) is 8.21. The summed E-state index contributed by atoms with van der Waals surface area (Å²) in [5, 5.41) is 8.16. The monoisotopic (exact) mass is 459 g/mol. The molecule has 2 heterocycles. The molecular weight excluding hydrogens is 430 g/mol.